The molecule has 0 fully saturated rings. The van der Waals surface area contributed by atoms with Crippen LogP contribution >= 0.6 is 11.6 Å². The number of carbonyl (C=O) groups excluding carboxylic acids is 1. The van der Waals surface area contributed by atoms with Crippen LogP contribution in [0.25, 0.3) is 11.4 Å². The second-order valence-corrected chi connectivity index (χ2v) is 7.00. The van der Waals surface area contributed by atoms with Crippen LogP contribution in [0, 0.1) is 0 Å². The van der Waals surface area contributed by atoms with Crippen molar-refractivity contribution in [3.05, 3.63) is 59.8 Å². The molecule has 7 nitrogen and oxygen atoms in total. The van der Waals surface area contributed by atoms with Crippen molar-refractivity contribution in [3.8, 4) is 17.1 Å². The van der Waals surface area contributed by atoms with Gasteiger partial charge in [0.05, 0.1) is 13.7 Å². The fourth-order valence-corrected chi connectivity index (χ4v) is 2.81. The zero-order valence-corrected chi connectivity index (χ0v) is 17.2. The first-order valence-electron chi connectivity index (χ1n) is 8.93. The number of nitrogens with zero attached hydrogens (tertiary/aromatic N) is 3. The Balaban J connectivity index is 1.72. The number of ether oxygens (including phenoxy) is 1. The fourth-order valence-electron chi connectivity index (χ4n) is 2.62. The van der Waals surface area contributed by atoms with Gasteiger partial charge in [-0.25, -0.2) is 9.97 Å². The van der Waals surface area contributed by atoms with Crippen molar-refractivity contribution in [2.45, 2.75) is 0 Å². The summed E-state index contributed by atoms with van der Waals surface area (Å²) in [7, 11) is 5.31. The van der Waals surface area contributed by atoms with Crippen LogP contribution in [-0.2, 0) is 4.79 Å². The number of amides is 1. The summed E-state index contributed by atoms with van der Waals surface area (Å²) in [5.74, 6) is 1.77. The number of aromatic nitrogens is 2. The number of carbonyl (C=O) groups is 1. The van der Waals surface area contributed by atoms with Gasteiger partial charge in [0, 0.05) is 23.0 Å². The zero-order chi connectivity index (χ0) is 20.8. The molecular formula is C21H22ClN5O2. The van der Waals surface area contributed by atoms with Gasteiger partial charge in [-0.1, -0.05) is 11.6 Å². The second-order valence-electron chi connectivity index (χ2n) is 6.62. The highest BCUT2D eigenvalue weighted by Crippen LogP contribution is 2.25. The second kappa shape index (κ2) is 9.36. The molecule has 29 heavy (non-hydrogen) atoms. The van der Waals surface area contributed by atoms with E-state index in [2.05, 4.69) is 20.6 Å². The molecule has 8 heteroatoms. The van der Waals surface area contributed by atoms with Crippen molar-refractivity contribution in [1.82, 2.24) is 14.9 Å². The highest BCUT2D eigenvalue weighted by atomic mass is 35.5. The first-order valence-corrected chi connectivity index (χ1v) is 9.31. The average Bonchev–Trinajstić information content (AvgIpc) is 2.68. The van der Waals surface area contributed by atoms with Crippen molar-refractivity contribution < 1.29 is 9.53 Å². The number of hydrogen-bond acceptors (Lipinski definition) is 6. The lowest BCUT2D eigenvalue weighted by molar-refractivity contribution is -0.116. The van der Waals surface area contributed by atoms with Crippen LogP contribution in [-0.4, -0.2) is 48.5 Å². The summed E-state index contributed by atoms with van der Waals surface area (Å²) in [4.78, 5) is 22.5. The minimum absolute atomic E-state index is 0.0672. The predicted octanol–water partition coefficient (Wildman–Crippen LogP) is 4.05. The number of methoxy groups -OCH3 is 1. The Kier molecular flexibility index (Phi) is 6.64. The first kappa shape index (κ1) is 20.6. The maximum Gasteiger partial charge on any atom is 0.238 e. The third-order valence-electron chi connectivity index (χ3n) is 3.94. The molecule has 0 unspecified atom stereocenters. The molecule has 0 atom stereocenters. The first-order chi connectivity index (χ1) is 13.9. The number of anilines is 3. The van der Waals surface area contributed by atoms with Crippen LogP contribution in [0.3, 0.4) is 0 Å². The largest absolute Gasteiger partial charge is 0.497 e. The summed E-state index contributed by atoms with van der Waals surface area (Å²) in [6, 6.07) is 16.4. The molecule has 0 bridgehead atoms. The number of halogens is 1. The fraction of sp³-hybridized carbons (Fsp3) is 0.190. The molecule has 0 aliphatic carbocycles. The molecule has 2 N–H and O–H groups in total. The molecule has 1 amide bonds. The summed E-state index contributed by atoms with van der Waals surface area (Å²) < 4.78 is 5.18. The number of nitrogens with one attached hydrogen (secondary N) is 2. The zero-order valence-electron chi connectivity index (χ0n) is 16.4. The van der Waals surface area contributed by atoms with Crippen molar-refractivity contribution in [2.24, 2.45) is 0 Å². The van der Waals surface area contributed by atoms with Crippen LogP contribution in [0.5, 0.6) is 5.75 Å². The van der Waals surface area contributed by atoms with Crippen LogP contribution in [0.1, 0.15) is 0 Å². The van der Waals surface area contributed by atoms with Gasteiger partial charge in [0.1, 0.15) is 16.7 Å². The normalized spacial score (nSPS) is 10.7. The SMILES string of the molecule is COc1ccc(-c2nc(Cl)cc(Nc3ccc(NC(=O)CN(C)C)cc3)n2)cc1. The van der Waals surface area contributed by atoms with Gasteiger partial charge in [-0.2, -0.15) is 0 Å². The molecule has 0 saturated heterocycles. The molecule has 2 aromatic carbocycles. The lowest BCUT2D eigenvalue weighted by atomic mass is 10.2. The molecule has 1 aromatic heterocycles. The highest BCUT2D eigenvalue weighted by Gasteiger charge is 2.08. The van der Waals surface area contributed by atoms with Gasteiger partial charge in [0.2, 0.25) is 5.91 Å². The summed E-state index contributed by atoms with van der Waals surface area (Å²) >= 11 is 6.18. The van der Waals surface area contributed by atoms with Gasteiger partial charge in [-0.15, -0.1) is 0 Å². The lowest BCUT2D eigenvalue weighted by Crippen LogP contribution is -2.27. The standard InChI is InChI=1S/C21H22ClN5O2/c1-27(2)13-20(28)24-16-8-6-15(7-9-16)23-19-12-18(22)25-21(26-19)14-4-10-17(29-3)11-5-14/h4-12H,13H2,1-3H3,(H,24,28)(H,23,25,26). The van der Waals surface area contributed by atoms with Gasteiger partial charge < -0.3 is 20.3 Å². The minimum atomic E-state index is -0.0672. The number of hydrogen-bond donors (Lipinski definition) is 2. The monoisotopic (exact) mass is 411 g/mol. The smallest absolute Gasteiger partial charge is 0.238 e. The maximum absolute atomic E-state index is 11.8. The average molecular weight is 412 g/mol. The summed E-state index contributed by atoms with van der Waals surface area (Å²) in [6.07, 6.45) is 0. The number of likely N-dealkylation sites (N-methyl/N-ethyl adjacent to an activating group) is 1. The summed E-state index contributed by atoms with van der Waals surface area (Å²) in [5.41, 5.74) is 2.36. The molecule has 0 saturated carbocycles. The summed E-state index contributed by atoms with van der Waals surface area (Å²) in [6.45, 7) is 0.327. The van der Waals surface area contributed by atoms with Crippen LogP contribution in [0.2, 0.25) is 5.15 Å². The molecule has 0 aliphatic rings. The van der Waals surface area contributed by atoms with Crippen molar-refractivity contribution in [1.29, 1.82) is 0 Å². The Hall–Kier alpha value is -3.16. The van der Waals surface area contributed by atoms with E-state index in [1.165, 1.54) is 0 Å². The van der Waals surface area contributed by atoms with Crippen LogP contribution < -0.4 is 15.4 Å². The van der Waals surface area contributed by atoms with Gasteiger partial charge in [0.15, 0.2) is 5.82 Å². The number of rotatable bonds is 7. The molecule has 3 aromatic rings. The van der Waals surface area contributed by atoms with E-state index < -0.39 is 0 Å². The maximum atomic E-state index is 11.8. The Bertz CT molecular complexity index is 975. The quantitative estimate of drug-likeness (QED) is 0.571. The van der Waals surface area contributed by atoms with Gasteiger partial charge >= 0.3 is 0 Å². The van der Waals surface area contributed by atoms with E-state index in [4.69, 9.17) is 16.3 Å². The van der Waals surface area contributed by atoms with Gasteiger partial charge in [-0.3, -0.25) is 4.79 Å². The molecule has 3 rings (SSSR count). The van der Waals surface area contributed by atoms with Crippen molar-refractivity contribution >= 4 is 34.7 Å². The van der Waals surface area contributed by atoms with E-state index in [9.17, 15) is 4.79 Å². The number of benzene rings is 2. The molecule has 1 heterocycles. The third-order valence-corrected chi connectivity index (χ3v) is 4.14. The molecule has 0 spiro atoms. The Labute approximate surface area is 174 Å². The van der Waals surface area contributed by atoms with E-state index >= 15 is 0 Å². The molecule has 150 valence electrons. The van der Waals surface area contributed by atoms with Crippen molar-refractivity contribution in [3.63, 3.8) is 0 Å². The summed E-state index contributed by atoms with van der Waals surface area (Å²) in [5, 5.41) is 6.39. The van der Waals surface area contributed by atoms with Crippen molar-refractivity contribution in [2.75, 3.05) is 38.4 Å². The van der Waals surface area contributed by atoms with E-state index in [0.29, 0.717) is 23.3 Å². The van der Waals surface area contributed by atoms with E-state index in [1.54, 1.807) is 13.2 Å². The topological polar surface area (TPSA) is 79.4 Å². The van der Waals surface area contributed by atoms with Gasteiger partial charge in [-0.05, 0) is 62.6 Å². The molecule has 0 radical (unpaired) electrons. The Morgan fingerprint density at radius 2 is 1.69 bits per heavy atom. The minimum Gasteiger partial charge on any atom is -0.497 e. The van der Waals surface area contributed by atoms with Gasteiger partial charge in [0.25, 0.3) is 0 Å². The predicted molar refractivity (Wildman–Crippen MR) is 116 cm³/mol. The lowest BCUT2D eigenvalue weighted by Gasteiger charge is -2.11. The van der Waals surface area contributed by atoms with E-state index in [1.807, 2.05) is 67.5 Å². The van der Waals surface area contributed by atoms with E-state index in [-0.39, 0.29) is 5.91 Å². The van der Waals surface area contributed by atoms with Crippen LogP contribution in [0.15, 0.2) is 54.6 Å². The Morgan fingerprint density at radius 1 is 1.03 bits per heavy atom. The third kappa shape index (κ3) is 5.91. The highest BCUT2D eigenvalue weighted by molar-refractivity contribution is 6.29. The Morgan fingerprint density at radius 3 is 2.31 bits per heavy atom. The van der Waals surface area contributed by atoms with Crippen LogP contribution in [0.4, 0.5) is 17.2 Å². The van der Waals surface area contributed by atoms with E-state index in [0.717, 1.165) is 22.7 Å². The molecule has 0 aliphatic heterocycles. The molecular weight excluding hydrogens is 390 g/mol.